The van der Waals surface area contributed by atoms with Crippen molar-refractivity contribution in [3.63, 3.8) is 0 Å². The number of hydrogen-bond donors (Lipinski definition) is 1. The van der Waals surface area contributed by atoms with E-state index in [-0.39, 0.29) is 18.0 Å². The largest absolute Gasteiger partial charge is 0.478 e. The molecule has 0 aliphatic carbocycles. The second kappa shape index (κ2) is 4.31. The highest BCUT2D eigenvalue weighted by atomic mass is 79.9. The molecule has 0 fully saturated rings. The average Bonchev–Trinajstić information content (AvgIpc) is 1.88. The summed E-state index contributed by atoms with van der Waals surface area (Å²) in [7, 11) is 0. The Labute approximate surface area is 78.0 Å². The summed E-state index contributed by atoms with van der Waals surface area (Å²) in [5, 5.41) is 8.45. The van der Waals surface area contributed by atoms with Gasteiger partial charge in [0.15, 0.2) is 0 Å². The molecule has 0 saturated heterocycles. The number of nitrogens with zero attached hydrogens (tertiary/aromatic N) is 1. The first kappa shape index (κ1) is 10.4. The number of carbonyl (C=O) groups is 1. The van der Waals surface area contributed by atoms with E-state index in [1.807, 2.05) is 0 Å². The van der Waals surface area contributed by atoms with Crippen LogP contribution in [0.1, 0.15) is 10.4 Å². The van der Waals surface area contributed by atoms with E-state index >= 15 is 0 Å². The van der Waals surface area contributed by atoms with E-state index in [0.717, 1.165) is 0 Å². The molecule has 0 atom stereocenters. The van der Waals surface area contributed by atoms with Crippen LogP contribution in [0, 0.1) is 0 Å². The molecule has 1 N–H and O–H groups in total. The Morgan fingerprint density at radius 2 is 2.18 bits per heavy atom. The fourth-order valence-corrected chi connectivity index (χ4v) is 0.894. The molecule has 0 unspecified atom stereocenters. The third-order valence-electron chi connectivity index (χ3n) is 0.952. The SMILES string of the molecule is Cl.O=C(O)c1cncc(Br)c1. The summed E-state index contributed by atoms with van der Waals surface area (Å²) in [5.41, 5.74) is 0.189. The van der Waals surface area contributed by atoms with Crippen LogP contribution in [0.2, 0.25) is 0 Å². The summed E-state index contributed by atoms with van der Waals surface area (Å²) < 4.78 is 0.674. The predicted octanol–water partition coefficient (Wildman–Crippen LogP) is 1.96. The van der Waals surface area contributed by atoms with Gasteiger partial charge in [-0.05, 0) is 22.0 Å². The molecular weight excluding hydrogens is 233 g/mol. The zero-order valence-electron chi connectivity index (χ0n) is 5.32. The van der Waals surface area contributed by atoms with E-state index in [9.17, 15) is 4.79 Å². The van der Waals surface area contributed by atoms with Gasteiger partial charge in [-0.15, -0.1) is 12.4 Å². The molecule has 0 radical (unpaired) electrons. The molecule has 3 nitrogen and oxygen atoms in total. The highest BCUT2D eigenvalue weighted by Crippen LogP contribution is 2.08. The number of aromatic nitrogens is 1. The van der Waals surface area contributed by atoms with E-state index in [2.05, 4.69) is 20.9 Å². The van der Waals surface area contributed by atoms with Gasteiger partial charge >= 0.3 is 5.97 Å². The number of rotatable bonds is 1. The van der Waals surface area contributed by atoms with Crippen LogP contribution in [0.25, 0.3) is 0 Å². The maximum atomic E-state index is 10.3. The van der Waals surface area contributed by atoms with Gasteiger partial charge in [0.05, 0.1) is 5.56 Å². The van der Waals surface area contributed by atoms with Crippen molar-refractivity contribution in [3.05, 3.63) is 28.5 Å². The van der Waals surface area contributed by atoms with Crippen molar-refractivity contribution in [1.82, 2.24) is 4.98 Å². The fraction of sp³-hybridized carbons (Fsp3) is 0. The van der Waals surface area contributed by atoms with Crippen LogP contribution >= 0.6 is 28.3 Å². The van der Waals surface area contributed by atoms with Crippen LogP contribution in [0.3, 0.4) is 0 Å². The summed E-state index contributed by atoms with van der Waals surface area (Å²) in [6.45, 7) is 0. The quantitative estimate of drug-likeness (QED) is 0.814. The van der Waals surface area contributed by atoms with Gasteiger partial charge in [-0.1, -0.05) is 0 Å². The second-order valence-electron chi connectivity index (χ2n) is 1.70. The zero-order valence-corrected chi connectivity index (χ0v) is 7.72. The summed E-state index contributed by atoms with van der Waals surface area (Å²) in [5.74, 6) is -0.964. The molecule has 0 spiro atoms. The number of hydrogen-bond acceptors (Lipinski definition) is 2. The third kappa shape index (κ3) is 2.86. The number of carboxylic acids is 1. The van der Waals surface area contributed by atoms with Gasteiger partial charge in [-0.3, -0.25) is 4.98 Å². The maximum absolute atomic E-state index is 10.3. The van der Waals surface area contributed by atoms with Crippen LogP contribution < -0.4 is 0 Å². The highest BCUT2D eigenvalue weighted by molar-refractivity contribution is 9.10. The van der Waals surface area contributed by atoms with Gasteiger partial charge in [0.2, 0.25) is 0 Å². The van der Waals surface area contributed by atoms with Crippen molar-refractivity contribution in [1.29, 1.82) is 0 Å². The van der Waals surface area contributed by atoms with Crippen LogP contribution in [-0.4, -0.2) is 16.1 Å². The average molecular weight is 238 g/mol. The molecule has 60 valence electrons. The minimum Gasteiger partial charge on any atom is -0.478 e. The van der Waals surface area contributed by atoms with E-state index in [0.29, 0.717) is 4.47 Å². The normalized spacial score (nSPS) is 8.45. The first-order valence-corrected chi connectivity index (χ1v) is 3.33. The minimum atomic E-state index is -0.964. The zero-order chi connectivity index (χ0) is 7.56. The summed E-state index contributed by atoms with van der Waals surface area (Å²) in [6, 6.07) is 1.50. The van der Waals surface area contributed by atoms with Crippen molar-refractivity contribution < 1.29 is 9.90 Å². The Kier molecular flexibility index (Phi) is 4.07. The number of pyridine rings is 1. The van der Waals surface area contributed by atoms with Gasteiger partial charge in [0.25, 0.3) is 0 Å². The Bertz CT molecular complexity index is 267. The molecular formula is C6H5BrClNO2. The van der Waals surface area contributed by atoms with Crippen molar-refractivity contribution >= 4 is 34.3 Å². The summed E-state index contributed by atoms with van der Waals surface area (Å²) in [4.78, 5) is 14.0. The van der Waals surface area contributed by atoms with Crippen molar-refractivity contribution in [2.45, 2.75) is 0 Å². The molecule has 1 rings (SSSR count). The topological polar surface area (TPSA) is 50.2 Å². The van der Waals surface area contributed by atoms with Gasteiger partial charge < -0.3 is 5.11 Å². The Morgan fingerprint density at radius 1 is 1.55 bits per heavy atom. The lowest BCUT2D eigenvalue weighted by atomic mass is 10.3. The van der Waals surface area contributed by atoms with E-state index in [1.165, 1.54) is 18.5 Å². The Morgan fingerprint density at radius 3 is 2.55 bits per heavy atom. The third-order valence-corrected chi connectivity index (χ3v) is 1.39. The molecule has 0 bridgehead atoms. The molecule has 5 heteroatoms. The number of carboxylic acid groups (broad SMARTS) is 1. The number of halogens is 2. The molecule has 1 aromatic rings. The smallest absolute Gasteiger partial charge is 0.337 e. The first-order valence-electron chi connectivity index (χ1n) is 2.54. The lowest BCUT2D eigenvalue weighted by Gasteiger charge is -1.91. The van der Waals surface area contributed by atoms with Crippen molar-refractivity contribution in [3.8, 4) is 0 Å². The van der Waals surface area contributed by atoms with Gasteiger partial charge in [-0.2, -0.15) is 0 Å². The lowest BCUT2D eigenvalue weighted by molar-refractivity contribution is 0.0696. The number of aromatic carboxylic acids is 1. The summed E-state index contributed by atoms with van der Waals surface area (Å²) >= 11 is 3.10. The molecule has 0 amide bonds. The Hall–Kier alpha value is -0.610. The van der Waals surface area contributed by atoms with Crippen LogP contribution in [0.5, 0.6) is 0 Å². The lowest BCUT2D eigenvalue weighted by Crippen LogP contribution is -1.95. The molecule has 11 heavy (non-hydrogen) atoms. The van der Waals surface area contributed by atoms with Crippen molar-refractivity contribution in [2.75, 3.05) is 0 Å². The molecule has 0 aliphatic heterocycles. The molecule has 0 aliphatic rings. The molecule has 0 aromatic carbocycles. The minimum absolute atomic E-state index is 0. The van der Waals surface area contributed by atoms with Gasteiger partial charge in [-0.25, -0.2) is 4.79 Å². The molecule has 0 saturated carbocycles. The maximum Gasteiger partial charge on any atom is 0.337 e. The fourth-order valence-electron chi connectivity index (χ4n) is 0.529. The van der Waals surface area contributed by atoms with Crippen LogP contribution in [-0.2, 0) is 0 Å². The standard InChI is InChI=1S/C6H4BrNO2.ClH/c7-5-1-4(6(9)10)2-8-3-5;/h1-3H,(H,9,10);1H. The molecule has 1 heterocycles. The van der Waals surface area contributed by atoms with Gasteiger partial charge in [0, 0.05) is 16.9 Å². The monoisotopic (exact) mass is 237 g/mol. The highest BCUT2D eigenvalue weighted by Gasteiger charge is 2.01. The summed E-state index contributed by atoms with van der Waals surface area (Å²) in [6.07, 6.45) is 2.83. The molecule has 1 aromatic heterocycles. The predicted molar refractivity (Wildman–Crippen MR) is 46.1 cm³/mol. The van der Waals surface area contributed by atoms with E-state index in [1.54, 1.807) is 0 Å². The van der Waals surface area contributed by atoms with Gasteiger partial charge in [0.1, 0.15) is 0 Å². The van der Waals surface area contributed by atoms with Crippen LogP contribution in [0.15, 0.2) is 22.9 Å². The Balaban J connectivity index is 0.000001000. The van der Waals surface area contributed by atoms with E-state index < -0.39 is 5.97 Å². The first-order chi connectivity index (χ1) is 4.70. The van der Waals surface area contributed by atoms with Crippen molar-refractivity contribution in [2.24, 2.45) is 0 Å². The second-order valence-corrected chi connectivity index (χ2v) is 2.61. The van der Waals surface area contributed by atoms with Crippen LogP contribution in [0.4, 0.5) is 0 Å². The van der Waals surface area contributed by atoms with E-state index in [4.69, 9.17) is 5.11 Å².